The average molecular weight is 524 g/mol. The highest BCUT2D eigenvalue weighted by Crippen LogP contribution is 2.32. The highest BCUT2D eigenvalue weighted by molar-refractivity contribution is 5.44. The van der Waals surface area contributed by atoms with Crippen LogP contribution in [-0.4, -0.2) is 111 Å². The summed E-state index contributed by atoms with van der Waals surface area (Å²) in [6.45, 7) is 29.6. The third kappa shape index (κ3) is 12.3. The molecule has 0 atom stereocenters. The van der Waals surface area contributed by atoms with Crippen LogP contribution in [0.2, 0.25) is 0 Å². The molecule has 0 unspecified atom stereocenters. The first-order valence-corrected chi connectivity index (χ1v) is 13.8. The van der Waals surface area contributed by atoms with Crippen molar-refractivity contribution < 1.29 is 19.3 Å². The number of methoxy groups -OCH3 is 2. The Kier molecular flexibility index (Phi) is 13.9. The molecule has 2 saturated heterocycles. The van der Waals surface area contributed by atoms with E-state index in [4.69, 9.17) is 19.3 Å². The summed E-state index contributed by atoms with van der Waals surface area (Å²) >= 11 is 0. The molecule has 7 heteroatoms. The lowest BCUT2D eigenvalue weighted by molar-refractivity contribution is -0.00389. The van der Waals surface area contributed by atoms with E-state index in [0.29, 0.717) is 11.1 Å². The van der Waals surface area contributed by atoms with Crippen molar-refractivity contribution in [1.82, 2.24) is 14.7 Å². The minimum Gasteiger partial charge on any atom is -0.493 e. The van der Waals surface area contributed by atoms with Gasteiger partial charge in [-0.15, -0.1) is 0 Å². The Morgan fingerprint density at radius 3 is 1.59 bits per heavy atom. The molecule has 0 saturated carbocycles. The second kappa shape index (κ2) is 15.3. The molecule has 2 fully saturated rings. The largest absolute Gasteiger partial charge is 0.493 e. The SMILES string of the molecule is CC(C)(C)N1CCN(CCO)CC1.CC(C)(C)N1CCOCC1.COc1ccc(C(C)(C)C)cc1OC. The molecule has 1 aromatic carbocycles. The number of aliphatic hydroxyl groups is 1. The third-order valence-corrected chi connectivity index (χ3v) is 6.95. The zero-order valence-corrected chi connectivity index (χ0v) is 25.8. The van der Waals surface area contributed by atoms with Crippen LogP contribution in [0.5, 0.6) is 11.5 Å². The van der Waals surface area contributed by atoms with Crippen LogP contribution in [0.25, 0.3) is 0 Å². The average Bonchev–Trinajstić information content (AvgIpc) is 2.84. The normalized spacial score (nSPS) is 18.3. The Labute approximate surface area is 228 Å². The predicted octanol–water partition coefficient (Wildman–Crippen LogP) is 4.51. The molecule has 216 valence electrons. The lowest BCUT2D eigenvalue weighted by atomic mass is 9.87. The molecule has 0 aliphatic carbocycles. The van der Waals surface area contributed by atoms with Gasteiger partial charge in [0.2, 0.25) is 0 Å². The monoisotopic (exact) mass is 523 g/mol. The van der Waals surface area contributed by atoms with Gasteiger partial charge in [-0.2, -0.15) is 0 Å². The van der Waals surface area contributed by atoms with E-state index >= 15 is 0 Å². The Balaban J connectivity index is 0.000000281. The van der Waals surface area contributed by atoms with Crippen LogP contribution in [-0.2, 0) is 10.2 Å². The molecule has 2 aliphatic rings. The minimum atomic E-state index is 0.138. The number of aliphatic hydroxyl groups excluding tert-OH is 1. The van der Waals surface area contributed by atoms with Gasteiger partial charge in [0.05, 0.1) is 34.0 Å². The van der Waals surface area contributed by atoms with Crippen LogP contribution < -0.4 is 9.47 Å². The van der Waals surface area contributed by atoms with E-state index in [-0.39, 0.29) is 12.0 Å². The fourth-order valence-electron chi connectivity index (χ4n) is 4.32. The maximum Gasteiger partial charge on any atom is 0.161 e. The first-order valence-electron chi connectivity index (χ1n) is 13.8. The van der Waals surface area contributed by atoms with Gasteiger partial charge in [-0.05, 0) is 64.7 Å². The van der Waals surface area contributed by atoms with Crippen molar-refractivity contribution in [2.75, 3.05) is 79.9 Å². The van der Waals surface area contributed by atoms with E-state index in [2.05, 4.69) is 83.1 Å². The number of morpholine rings is 1. The topological polar surface area (TPSA) is 57.6 Å². The summed E-state index contributed by atoms with van der Waals surface area (Å²) in [5.41, 5.74) is 2.00. The van der Waals surface area contributed by atoms with E-state index in [9.17, 15) is 0 Å². The number of rotatable bonds is 4. The zero-order valence-electron chi connectivity index (χ0n) is 25.8. The third-order valence-electron chi connectivity index (χ3n) is 6.95. The summed E-state index contributed by atoms with van der Waals surface area (Å²) in [5, 5.41) is 8.79. The molecule has 7 nitrogen and oxygen atoms in total. The smallest absolute Gasteiger partial charge is 0.161 e. The summed E-state index contributed by atoms with van der Waals surface area (Å²) in [7, 11) is 3.30. The van der Waals surface area contributed by atoms with Gasteiger partial charge in [-0.1, -0.05) is 26.8 Å². The second-order valence-corrected chi connectivity index (χ2v) is 12.8. The summed E-state index contributed by atoms with van der Waals surface area (Å²) in [6, 6.07) is 6.04. The predicted molar refractivity (Wildman–Crippen MR) is 155 cm³/mol. The molecule has 0 aromatic heterocycles. The molecule has 0 bridgehead atoms. The number of hydrogen-bond acceptors (Lipinski definition) is 7. The fourth-order valence-corrected chi connectivity index (χ4v) is 4.32. The molecule has 1 N–H and O–H groups in total. The zero-order chi connectivity index (χ0) is 28.3. The first kappa shape index (κ1) is 33.6. The summed E-state index contributed by atoms with van der Waals surface area (Å²) in [5.74, 6) is 1.57. The molecular weight excluding hydrogens is 466 g/mol. The molecule has 0 spiro atoms. The van der Waals surface area contributed by atoms with Gasteiger partial charge in [-0.3, -0.25) is 14.7 Å². The standard InChI is InChI=1S/C12H18O2.C10H22N2O.C8H17NO/c1-12(2,3)9-6-7-10(13-4)11(8-9)14-5;1-10(2,3)12-6-4-11(5-7-12)8-9-13;1-8(2,3)9-4-6-10-7-5-9/h6-8H,1-5H3;13H,4-9H2,1-3H3;4-7H2,1-3H3. The lowest BCUT2D eigenvalue weighted by Crippen LogP contribution is -2.53. The van der Waals surface area contributed by atoms with Crippen molar-refractivity contribution in [3.63, 3.8) is 0 Å². The van der Waals surface area contributed by atoms with Gasteiger partial charge >= 0.3 is 0 Å². The molecule has 2 aliphatic heterocycles. The second-order valence-electron chi connectivity index (χ2n) is 12.8. The van der Waals surface area contributed by atoms with Crippen LogP contribution in [0.4, 0.5) is 0 Å². The molecule has 2 heterocycles. The van der Waals surface area contributed by atoms with Crippen molar-refractivity contribution in [3.8, 4) is 11.5 Å². The Morgan fingerprint density at radius 2 is 1.22 bits per heavy atom. The van der Waals surface area contributed by atoms with Crippen LogP contribution in [0, 0.1) is 0 Å². The van der Waals surface area contributed by atoms with Gasteiger partial charge in [0.25, 0.3) is 0 Å². The van der Waals surface area contributed by atoms with Crippen molar-refractivity contribution in [2.24, 2.45) is 0 Å². The Morgan fingerprint density at radius 1 is 0.730 bits per heavy atom. The minimum absolute atomic E-state index is 0.138. The lowest BCUT2D eigenvalue weighted by Gasteiger charge is -2.42. The quantitative estimate of drug-likeness (QED) is 0.623. The fraction of sp³-hybridized carbons (Fsp3) is 0.800. The van der Waals surface area contributed by atoms with E-state index in [1.165, 1.54) is 5.56 Å². The molecule has 37 heavy (non-hydrogen) atoms. The van der Waals surface area contributed by atoms with E-state index in [1.54, 1.807) is 14.2 Å². The van der Waals surface area contributed by atoms with Gasteiger partial charge in [0.15, 0.2) is 11.5 Å². The molecule has 0 amide bonds. The molecule has 0 radical (unpaired) electrons. The molecule has 1 aromatic rings. The number of nitrogens with zero attached hydrogens (tertiary/aromatic N) is 3. The Hall–Kier alpha value is -1.38. The van der Waals surface area contributed by atoms with Gasteiger partial charge in [0.1, 0.15) is 0 Å². The highest BCUT2D eigenvalue weighted by Gasteiger charge is 2.25. The number of β-amino-alcohol motifs (C(OH)–C–C–N with tert-alkyl or cyclic N) is 1. The first-order chi connectivity index (χ1) is 17.1. The highest BCUT2D eigenvalue weighted by atomic mass is 16.5. The summed E-state index contributed by atoms with van der Waals surface area (Å²) in [6.07, 6.45) is 0. The van der Waals surface area contributed by atoms with Crippen LogP contribution >= 0.6 is 0 Å². The van der Waals surface area contributed by atoms with Crippen molar-refractivity contribution in [3.05, 3.63) is 23.8 Å². The maximum absolute atomic E-state index is 8.79. The van der Waals surface area contributed by atoms with E-state index < -0.39 is 0 Å². The van der Waals surface area contributed by atoms with Gasteiger partial charge < -0.3 is 19.3 Å². The van der Waals surface area contributed by atoms with E-state index in [1.807, 2.05) is 12.1 Å². The number of benzene rings is 1. The van der Waals surface area contributed by atoms with Crippen LogP contribution in [0.1, 0.15) is 67.9 Å². The maximum atomic E-state index is 8.79. The number of hydrogen-bond donors (Lipinski definition) is 1. The number of ether oxygens (including phenoxy) is 3. The Bertz CT molecular complexity index is 752. The molecule has 3 rings (SSSR count). The van der Waals surface area contributed by atoms with Crippen LogP contribution in [0.15, 0.2) is 18.2 Å². The molecular formula is C30H57N3O4. The van der Waals surface area contributed by atoms with Crippen molar-refractivity contribution in [1.29, 1.82) is 0 Å². The van der Waals surface area contributed by atoms with Gasteiger partial charge in [-0.25, -0.2) is 0 Å². The summed E-state index contributed by atoms with van der Waals surface area (Å²) in [4.78, 5) is 7.28. The number of piperazine rings is 1. The van der Waals surface area contributed by atoms with Gasteiger partial charge in [0, 0.05) is 56.9 Å². The van der Waals surface area contributed by atoms with Crippen LogP contribution in [0.3, 0.4) is 0 Å². The summed E-state index contributed by atoms with van der Waals surface area (Å²) < 4.78 is 15.7. The van der Waals surface area contributed by atoms with E-state index in [0.717, 1.165) is 70.5 Å². The van der Waals surface area contributed by atoms with Crippen molar-refractivity contribution >= 4 is 0 Å². The van der Waals surface area contributed by atoms with Crippen molar-refractivity contribution in [2.45, 2.75) is 78.8 Å².